The Balaban J connectivity index is 2.80. The Hall–Kier alpha value is -1.89. The van der Waals surface area contributed by atoms with Gasteiger partial charge in [0.2, 0.25) is 6.54 Å². The third kappa shape index (κ3) is 2.06. The summed E-state index contributed by atoms with van der Waals surface area (Å²) in [4.78, 5) is 10.2. The molecule has 0 aliphatic carbocycles. The average molecular weight is 163 g/mol. The molecule has 60 valence electrons. The molecule has 0 aliphatic rings. The van der Waals surface area contributed by atoms with Gasteiger partial charge in [0.05, 0.1) is 11.6 Å². The SMILES string of the molecule is N#Cc1cc[n+](CC(=O)O)cc1. The highest BCUT2D eigenvalue weighted by Crippen LogP contribution is 1.90. The number of hydrogen-bond acceptors (Lipinski definition) is 2. The number of hydrogen-bond donors (Lipinski definition) is 1. The van der Waals surface area contributed by atoms with Gasteiger partial charge in [-0.2, -0.15) is 9.83 Å². The molecular formula is C8H7N2O2+. The van der Waals surface area contributed by atoms with Gasteiger partial charge < -0.3 is 5.11 Å². The van der Waals surface area contributed by atoms with Crippen molar-refractivity contribution in [2.45, 2.75) is 6.54 Å². The number of nitriles is 1. The van der Waals surface area contributed by atoms with Gasteiger partial charge in [0, 0.05) is 12.1 Å². The molecule has 0 atom stereocenters. The van der Waals surface area contributed by atoms with Crippen molar-refractivity contribution in [1.82, 2.24) is 0 Å². The molecule has 0 aromatic carbocycles. The second kappa shape index (κ2) is 3.49. The highest BCUT2D eigenvalue weighted by molar-refractivity contribution is 5.64. The first-order chi connectivity index (χ1) is 5.72. The summed E-state index contributed by atoms with van der Waals surface area (Å²) in [5, 5.41) is 16.8. The van der Waals surface area contributed by atoms with Gasteiger partial charge >= 0.3 is 5.97 Å². The maximum Gasteiger partial charge on any atom is 0.370 e. The van der Waals surface area contributed by atoms with E-state index in [1.165, 1.54) is 4.57 Å². The normalized spacial score (nSPS) is 8.92. The van der Waals surface area contributed by atoms with Crippen LogP contribution < -0.4 is 4.57 Å². The summed E-state index contributed by atoms with van der Waals surface area (Å²) in [7, 11) is 0. The maximum atomic E-state index is 10.2. The molecule has 0 saturated carbocycles. The summed E-state index contributed by atoms with van der Waals surface area (Å²) < 4.78 is 1.49. The Bertz CT molecular complexity index is 324. The first kappa shape index (κ1) is 8.21. The monoisotopic (exact) mass is 163 g/mol. The molecule has 0 radical (unpaired) electrons. The molecule has 0 saturated heterocycles. The quantitative estimate of drug-likeness (QED) is 0.620. The van der Waals surface area contributed by atoms with Crippen LogP contribution in [-0.2, 0) is 11.3 Å². The van der Waals surface area contributed by atoms with Crippen LogP contribution in [0.3, 0.4) is 0 Å². The number of pyridine rings is 1. The third-order valence-electron chi connectivity index (χ3n) is 1.34. The summed E-state index contributed by atoms with van der Waals surface area (Å²) >= 11 is 0. The minimum Gasteiger partial charge on any atom is -0.477 e. The topological polar surface area (TPSA) is 65.0 Å². The summed E-state index contributed by atoms with van der Waals surface area (Å²) in [6, 6.07) is 5.09. The average Bonchev–Trinajstić information content (AvgIpc) is 2.05. The van der Waals surface area contributed by atoms with E-state index in [0.29, 0.717) is 5.56 Å². The smallest absolute Gasteiger partial charge is 0.370 e. The first-order valence-corrected chi connectivity index (χ1v) is 3.33. The second-order valence-corrected chi connectivity index (χ2v) is 2.26. The Kier molecular flexibility index (Phi) is 2.38. The van der Waals surface area contributed by atoms with E-state index in [1.54, 1.807) is 24.5 Å². The van der Waals surface area contributed by atoms with Crippen LogP contribution in [0.15, 0.2) is 24.5 Å². The first-order valence-electron chi connectivity index (χ1n) is 3.33. The van der Waals surface area contributed by atoms with Gasteiger partial charge in [0.15, 0.2) is 12.4 Å². The highest BCUT2D eigenvalue weighted by Gasteiger charge is 2.05. The zero-order chi connectivity index (χ0) is 8.97. The third-order valence-corrected chi connectivity index (χ3v) is 1.34. The van der Waals surface area contributed by atoms with E-state index >= 15 is 0 Å². The predicted octanol–water partition coefficient (Wildman–Crippen LogP) is -0.0696. The van der Waals surface area contributed by atoms with Crippen LogP contribution in [0, 0.1) is 11.3 Å². The van der Waals surface area contributed by atoms with E-state index in [2.05, 4.69) is 0 Å². The fourth-order valence-electron chi connectivity index (χ4n) is 0.793. The van der Waals surface area contributed by atoms with Gasteiger partial charge in [-0.1, -0.05) is 0 Å². The van der Waals surface area contributed by atoms with Crippen molar-refractivity contribution in [1.29, 1.82) is 5.26 Å². The molecule has 0 bridgehead atoms. The summed E-state index contributed by atoms with van der Waals surface area (Å²) in [6.07, 6.45) is 3.12. The lowest BCUT2D eigenvalue weighted by atomic mass is 10.3. The van der Waals surface area contributed by atoms with E-state index in [0.717, 1.165) is 0 Å². The van der Waals surface area contributed by atoms with Crippen molar-refractivity contribution in [3.63, 3.8) is 0 Å². The van der Waals surface area contributed by atoms with E-state index in [-0.39, 0.29) is 6.54 Å². The van der Waals surface area contributed by atoms with Crippen LogP contribution in [0.5, 0.6) is 0 Å². The molecule has 0 unspecified atom stereocenters. The fourth-order valence-corrected chi connectivity index (χ4v) is 0.793. The van der Waals surface area contributed by atoms with E-state index in [9.17, 15) is 4.79 Å². The molecular weight excluding hydrogens is 156 g/mol. The van der Waals surface area contributed by atoms with Crippen molar-refractivity contribution in [3.05, 3.63) is 30.1 Å². The standard InChI is InChI=1S/C8H6N2O2/c9-5-7-1-3-10(4-2-7)6-8(11)12/h1-4H,6H2/p+1. The number of nitrogens with zero attached hydrogens (tertiary/aromatic N) is 2. The van der Waals surface area contributed by atoms with E-state index in [1.807, 2.05) is 6.07 Å². The van der Waals surface area contributed by atoms with Crippen LogP contribution in [-0.4, -0.2) is 11.1 Å². The zero-order valence-corrected chi connectivity index (χ0v) is 6.27. The molecule has 0 amide bonds. The Morgan fingerprint density at radius 1 is 1.58 bits per heavy atom. The number of carboxylic acids is 1. The molecule has 1 N–H and O–H groups in total. The Morgan fingerprint density at radius 2 is 2.17 bits per heavy atom. The molecule has 1 heterocycles. The van der Waals surface area contributed by atoms with E-state index in [4.69, 9.17) is 10.4 Å². The lowest BCUT2D eigenvalue weighted by Crippen LogP contribution is -2.36. The highest BCUT2D eigenvalue weighted by atomic mass is 16.4. The minimum atomic E-state index is -0.898. The lowest BCUT2D eigenvalue weighted by molar-refractivity contribution is -0.685. The minimum absolute atomic E-state index is 0.0777. The van der Waals surface area contributed by atoms with Crippen molar-refractivity contribution in [3.8, 4) is 6.07 Å². The molecule has 0 aliphatic heterocycles. The van der Waals surface area contributed by atoms with Crippen molar-refractivity contribution in [2.75, 3.05) is 0 Å². The largest absolute Gasteiger partial charge is 0.477 e. The second-order valence-electron chi connectivity index (χ2n) is 2.26. The van der Waals surface area contributed by atoms with E-state index < -0.39 is 5.97 Å². The molecule has 12 heavy (non-hydrogen) atoms. The molecule has 1 aromatic rings. The number of aliphatic carboxylic acids is 1. The zero-order valence-electron chi connectivity index (χ0n) is 6.27. The molecule has 4 heteroatoms. The van der Waals surface area contributed by atoms with Crippen molar-refractivity contribution < 1.29 is 14.5 Å². The molecule has 0 spiro atoms. The van der Waals surface area contributed by atoms with Gasteiger partial charge in [-0.25, -0.2) is 4.79 Å². The summed E-state index contributed by atoms with van der Waals surface area (Å²) in [5.41, 5.74) is 0.525. The van der Waals surface area contributed by atoms with Crippen LogP contribution in [0.25, 0.3) is 0 Å². The lowest BCUT2D eigenvalue weighted by Gasteiger charge is -1.90. The van der Waals surface area contributed by atoms with Crippen LogP contribution in [0.2, 0.25) is 0 Å². The van der Waals surface area contributed by atoms with Crippen molar-refractivity contribution >= 4 is 5.97 Å². The van der Waals surface area contributed by atoms with Crippen LogP contribution in [0.1, 0.15) is 5.56 Å². The van der Waals surface area contributed by atoms with Gasteiger partial charge in [0.25, 0.3) is 0 Å². The van der Waals surface area contributed by atoms with Gasteiger partial charge in [-0.3, -0.25) is 0 Å². The number of carboxylic acid groups (broad SMARTS) is 1. The van der Waals surface area contributed by atoms with Gasteiger partial charge in [-0.05, 0) is 0 Å². The van der Waals surface area contributed by atoms with Crippen molar-refractivity contribution in [2.24, 2.45) is 0 Å². The Morgan fingerprint density at radius 3 is 2.58 bits per heavy atom. The molecule has 1 rings (SSSR count). The Labute approximate surface area is 69.3 Å². The summed E-state index contributed by atoms with van der Waals surface area (Å²) in [6.45, 7) is -0.0777. The molecule has 0 fully saturated rings. The number of carbonyl (C=O) groups is 1. The molecule has 1 aromatic heterocycles. The number of aromatic nitrogens is 1. The van der Waals surface area contributed by atoms with Crippen LogP contribution in [0.4, 0.5) is 0 Å². The van der Waals surface area contributed by atoms with Crippen LogP contribution >= 0.6 is 0 Å². The summed E-state index contributed by atoms with van der Waals surface area (Å²) in [5.74, 6) is -0.898. The predicted molar refractivity (Wildman–Crippen MR) is 39.0 cm³/mol. The fraction of sp³-hybridized carbons (Fsp3) is 0.125. The number of rotatable bonds is 2. The van der Waals surface area contributed by atoms with Gasteiger partial charge in [0.1, 0.15) is 0 Å². The maximum absolute atomic E-state index is 10.2. The van der Waals surface area contributed by atoms with Gasteiger partial charge in [-0.15, -0.1) is 0 Å². The molecule has 4 nitrogen and oxygen atoms in total.